The van der Waals surface area contributed by atoms with Crippen molar-refractivity contribution in [3.63, 3.8) is 0 Å². The summed E-state index contributed by atoms with van der Waals surface area (Å²) in [7, 11) is 0. The van der Waals surface area contributed by atoms with Gasteiger partial charge in [0, 0.05) is 17.3 Å². The number of nitrogens with zero attached hydrogens (tertiary/aromatic N) is 1. The molecular formula is C12H14N2O2. The summed E-state index contributed by atoms with van der Waals surface area (Å²) in [4.78, 5) is 4.13. The Kier molecular flexibility index (Phi) is 3.22. The zero-order valence-electron chi connectivity index (χ0n) is 9.14. The molecule has 4 heteroatoms. The fourth-order valence-corrected chi connectivity index (χ4v) is 1.57. The van der Waals surface area contributed by atoms with E-state index in [0.29, 0.717) is 13.2 Å². The van der Waals surface area contributed by atoms with Gasteiger partial charge in [-0.05, 0) is 19.1 Å². The monoisotopic (exact) mass is 218 g/mol. The van der Waals surface area contributed by atoms with E-state index in [1.54, 1.807) is 18.7 Å². The molecule has 0 amide bonds. The van der Waals surface area contributed by atoms with Crippen LogP contribution in [0.3, 0.4) is 0 Å². The molecule has 0 atom stereocenters. The quantitative estimate of drug-likeness (QED) is 0.854. The van der Waals surface area contributed by atoms with Gasteiger partial charge in [-0.1, -0.05) is 0 Å². The molecule has 16 heavy (non-hydrogen) atoms. The third kappa shape index (κ3) is 2.06. The van der Waals surface area contributed by atoms with E-state index < -0.39 is 0 Å². The van der Waals surface area contributed by atoms with Crippen LogP contribution in [-0.4, -0.2) is 11.6 Å². The van der Waals surface area contributed by atoms with Crippen molar-refractivity contribution in [1.82, 2.24) is 4.98 Å². The van der Waals surface area contributed by atoms with E-state index in [1.165, 1.54) is 0 Å². The van der Waals surface area contributed by atoms with Gasteiger partial charge in [0.15, 0.2) is 0 Å². The molecule has 2 aromatic heterocycles. The smallest absolute Gasteiger partial charge is 0.138 e. The molecule has 0 aliphatic rings. The SMILES string of the molecule is CCOc1cncc(-c2ccoc2CN)c1. The molecule has 0 unspecified atom stereocenters. The number of furan rings is 1. The highest BCUT2D eigenvalue weighted by atomic mass is 16.5. The lowest BCUT2D eigenvalue weighted by Crippen LogP contribution is -1.97. The van der Waals surface area contributed by atoms with Crippen molar-refractivity contribution in [2.75, 3.05) is 6.61 Å². The molecular weight excluding hydrogens is 204 g/mol. The average Bonchev–Trinajstić information content (AvgIpc) is 2.78. The standard InChI is InChI=1S/C12H14N2O2/c1-2-15-10-5-9(7-14-8-10)11-3-4-16-12(11)6-13/h3-5,7-8H,2,6,13H2,1H3. The number of nitrogens with two attached hydrogens (primary N) is 1. The first-order valence-corrected chi connectivity index (χ1v) is 5.19. The molecule has 0 fully saturated rings. The van der Waals surface area contributed by atoms with Crippen LogP contribution in [0.15, 0.2) is 35.2 Å². The summed E-state index contributed by atoms with van der Waals surface area (Å²) in [5.74, 6) is 1.51. The van der Waals surface area contributed by atoms with Gasteiger partial charge in [-0.3, -0.25) is 4.98 Å². The topological polar surface area (TPSA) is 61.3 Å². The summed E-state index contributed by atoms with van der Waals surface area (Å²) in [6.07, 6.45) is 5.09. The number of hydrogen-bond acceptors (Lipinski definition) is 4. The van der Waals surface area contributed by atoms with Gasteiger partial charge in [0.1, 0.15) is 11.5 Å². The Labute approximate surface area is 94.1 Å². The van der Waals surface area contributed by atoms with Crippen LogP contribution < -0.4 is 10.5 Å². The Bertz CT molecular complexity index is 466. The maximum Gasteiger partial charge on any atom is 0.138 e. The molecule has 2 rings (SSSR count). The first kappa shape index (κ1) is 10.7. The maximum atomic E-state index is 5.58. The van der Waals surface area contributed by atoms with Gasteiger partial charge in [-0.2, -0.15) is 0 Å². The Balaban J connectivity index is 2.36. The first-order valence-electron chi connectivity index (χ1n) is 5.19. The first-order chi connectivity index (χ1) is 7.85. The molecule has 0 aliphatic heterocycles. The number of ether oxygens (including phenoxy) is 1. The largest absolute Gasteiger partial charge is 0.492 e. The van der Waals surface area contributed by atoms with E-state index in [9.17, 15) is 0 Å². The fraction of sp³-hybridized carbons (Fsp3) is 0.250. The minimum atomic E-state index is 0.376. The Morgan fingerprint density at radius 3 is 3.06 bits per heavy atom. The third-order valence-corrected chi connectivity index (χ3v) is 2.27. The van der Waals surface area contributed by atoms with Crippen molar-refractivity contribution >= 4 is 0 Å². The van der Waals surface area contributed by atoms with Crippen LogP contribution in [0.4, 0.5) is 0 Å². The molecule has 0 radical (unpaired) electrons. The predicted octanol–water partition coefficient (Wildman–Crippen LogP) is 2.20. The van der Waals surface area contributed by atoms with Crippen molar-refractivity contribution in [1.29, 1.82) is 0 Å². The van der Waals surface area contributed by atoms with Gasteiger partial charge >= 0.3 is 0 Å². The van der Waals surface area contributed by atoms with Gasteiger partial charge in [0.2, 0.25) is 0 Å². The summed E-state index contributed by atoms with van der Waals surface area (Å²) >= 11 is 0. The van der Waals surface area contributed by atoms with Gasteiger partial charge in [0.25, 0.3) is 0 Å². The lowest BCUT2D eigenvalue weighted by Gasteiger charge is -2.05. The van der Waals surface area contributed by atoms with Crippen molar-refractivity contribution < 1.29 is 9.15 Å². The lowest BCUT2D eigenvalue weighted by molar-refractivity contribution is 0.339. The highest BCUT2D eigenvalue weighted by molar-refractivity contribution is 5.65. The molecule has 0 bridgehead atoms. The molecule has 0 aliphatic carbocycles. The highest BCUT2D eigenvalue weighted by Crippen LogP contribution is 2.26. The molecule has 2 heterocycles. The number of rotatable bonds is 4. The van der Waals surface area contributed by atoms with Crippen LogP contribution in [0.5, 0.6) is 5.75 Å². The molecule has 2 N–H and O–H groups in total. The Hall–Kier alpha value is -1.81. The molecule has 2 aromatic rings. The molecule has 0 saturated carbocycles. The van der Waals surface area contributed by atoms with Crippen LogP contribution >= 0.6 is 0 Å². The van der Waals surface area contributed by atoms with Gasteiger partial charge < -0.3 is 14.9 Å². The van der Waals surface area contributed by atoms with E-state index in [-0.39, 0.29) is 0 Å². The van der Waals surface area contributed by atoms with E-state index in [1.807, 2.05) is 19.1 Å². The van der Waals surface area contributed by atoms with Crippen LogP contribution in [-0.2, 0) is 6.54 Å². The number of hydrogen-bond donors (Lipinski definition) is 1. The number of pyridine rings is 1. The zero-order chi connectivity index (χ0) is 11.4. The maximum absolute atomic E-state index is 5.58. The van der Waals surface area contributed by atoms with Gasteiger partial charge in [-0.25, -0.2) is 0 Å². The van der Waals surface area contributed by atoms with Gasteiger partial charge in [0.05, 0.1) is 25.6 Å². The molecule has 0 aromatic carbocycles. The van der Waals surface area contributed by atoms with Crippen LogP contribution in [0, 0.1) is 0 Å². The molecule has 84 valence electrons. The number of aromatic nitrogens is 1. The zero-order valence-corrected chi connectivity index (χ0v) is 9.14. The summed E-state index contributed by atoms with van der Waals surface area (Å²) in [6, 6.07) is 3.81. The van der Waals surface area contributed by atoms with Crippen LogP contribution in [0.2, 0.25) is 0 Å². The Morgan fingerprint density at radius 1 is 1.44 bits per heavy atom. The van der Waals surface area contributed by atoms with Crippen LogP contribution in [0.1, 0.15) is 12.7 Å². The van der Waals surface area contributed by atoms with Crippen molar-refractivity contribution in [2.45, 2.75) is 13.5 Å². The van der Waals surface area contributed by atoms with E-state index >= 15 is 0 Å². The second kappa shape index (κ2) is 4.81. The second-order valence-electron chi connectivity index (χ2n) is 3.30. The molecule has 0 spiro atoms. The Morgan fingerprint density at radius 2 is 2.31 bits per heavy atom. The van der Waals surface area contributed by atoms with Crippen molar-refractivity contribution in [2.24, 2.45) is 5.73 Å². The minimum absolute atomic E-state index is 0.376. The second-order valence-corrected chi connectivity index (χ2v) is 3.30. The normalized spacial score (nSPS) is 10.4. The summed E-state index contributed by atoms with van der Waals surface area (Å²) in [6.45, 7) is 2.94. The summed E-state index contributed by atoms with van der Waals surface area (Å²) < 4.78 is 10.7. The molecule has 0 saturated heterocycles. The summed E-state index contributed by atoms with van der Waals surface area (Å²) in [5, 5.41) is 0. The van der Waals surface area contributed by atoms with E-state index in [0.717, 1.165) is 22.6 Å². The average molecular weight is 218 g/mol. The van der Waals surface area contributed by atoms with Crippen LogP contribution in [0.25, 0.3) is 11.1 Å². The summed E-state index contributed by atoms with van der Waals surface area (Å²) in [5.41, 5.74) is 7.51. The third-order valence-electron chi connectivity index (χ3n) is 2.27. The fourth-order valence-electron chi connectivity index (χ4n) is 1.57. The lowest BCUT2D eigenvalue weighted by atomic mass is 10.1. The minimum Gasteiger partial charge on any atom is -0.492 e. The van der Waals surface area contributed by atoms with Crippen molar-refractivity contribution in [3.8, 4) is 16.9 Å². The van der Waals surface area contributed by atoms with Gasteiger partial charge in [-0.15, -0.1) is 0 Å². The van der Waals surface area contributed by atoms with Crippen molar-refractivity contribution in [3.05, 3.63) is 36.5 Å². The highest BCUT2D eigenvalue weighted by Gasteiger charge is 2.08. The van der Waals surface area contributed by atoms with E-state index in [4.69, 9.17) is 14.9 Å². The predicted molar refractivity (Wildman–Crippen MR) is 61.0 cm³/mol. The van der Waals surface area contributed by atoms with E-state index in [2.05, 4.69) is 4.98 Å². The molecule has 4 nitrogen and oxygen atoms in total.